The normalized spacial score (nSPS) is 12.2. The van der Waals surface area contributed by atoms with Gasteiger partial charge in [0.05, 0.1) is 35.8 Å². The maximum Gasteiger partial charge on any atom is 0.426 e. The molecule has 1 atom stereocenters. The summed E-state index contributed by atoms with van der Waals surface area (Å²) in [5, 5.41) is 13.7. The van der Waals surface area contributed by atoms with Gasteiger partial charge < -0.3 is 24.7 Å². The number of methoxy groups -OCH3 is 2. The van der Waals surface area contributed by atoms with Crippen molar-refractivity contribution in [1.82, 2.24) is 15.0 Å². The number of nitrogens with zero attached hydrogens (tertiary/aromatic N) is 3. The lowest BCUT2D eigenvalue weighted by Crippen LogP contribution is -2.46. The Bertz CT molecular complexity index is 1750. The second-order valence-electron chi connectivity index (χ2n) is 11.0. The second kappa shape index (κ2) is 13.0. The van der Waals surface area contributed by atoms with Crippen LogP contribution in [0.25, 0.3) is 11.0 Å². The summed E-state index contributed by atoms with van der Waals surface area (Å²) in [6.45, 7) is 5.64. The van der Waals surface area contributed by atoms with E-state index in [2.05, 4.69) is 25.4 Å². The van der Waals surface area contributed by atoms with Gasteiger partial charge in [-0.3, -0.25) is 10.1 Å². The zero-order chi connectivity index (χ0) is 32.1. The van der Waals surface area contributed by atoms with Crippen LogP contribution in [-0.2, 0) is 14.8 Å². The van der Waals surface area contributed by atoms with Gasteiger partial charge in [0.2, 0.25) is 0 Å². The van der Waals surface area contributed by atoms with Crippen molar-refractivity contribution < 1.29 is 32.6 Å². The van der Waals surface area contributed by atoms with Gasteiger partial charge in [0.15, 0.2) is 11.6 Å². The SMILES string of the molecule is COc1cc(Nc2nc3ccccc3nc2NS(=O)(=O)c2cccc(NN(C(=O)O)[C@H](C=O)CC(C)(C)C)c2)cc(OC)c1. The molecule has 13 nitrogen and oxygen atoms in total. The number of amides is 1. The number of hydrazine groups is 1. The van der Waals surface area contributed by atoms with Crippen molar-refractivity contribution in [2.24, 2.45) is 5.41 Å². The van der Waals surface area contributed by atoms with E-state index in [1.807, 2.05) is 20.8 Å². The van der Waals surface area contributed by atoms with Crippen LogP contribution in [0, 0.1) is 5.41 Å². The van der Waals surface area contributed by atoms with Gasteiger partial charge >= 0.3 is 6.09 Å². The molecule has 1 heterocycles. The molecule has 232 valence electrons. The number of para-hydroxylation sites is 2. The molecule has 0 aliphatic heterocycles. The van der Waals surface area contributed by atoms with Crippen molar-refractivity contribution in [3.05, 3.63) is 66.7 Å². The van der Waals surface area contributed by atoms with Crippen LogP contribution in [0.15, 0.2) is 71.6 Å². The fourth-order valence-electron chi connectivity index (χ4n) is 4.33. The minimum atomic E-state index is -4.27. The van der Waals surface area contributed by atoms with Gasteiger partial charge in [0, 0.05) is 23.9 Å². The summed E-state index contributed by atoms with van der Waals surface area (Å²) in [5.74, 6) is 1.04. The van der Waals surface area contributed by atoms with Gasteiger partial charge in [-0.1, -0.05) is 39.0 Å². The minimum Gasteiger partial charge on any atom is -0.497 e. The third-order valence-corrected chi connectivity index (χ3v) is 7.66. The molecule has 0 radical (unpaired) electrons. The minimum absolute atomic E-state index is 0.0813. The zero-order valence-corrected chi connectivity index (χ0v) is 25.7. The standard InChI is InChI=1S/C30H34N6O7S/c1-30(2,3)17-21(18-37)36(29(38)39)34-19-9-8-10-24(15-19)44(40,41)35-28-27(32-25-11-6-7-12-26(25)33-28)31-20-13-22(42-4)16-23(14-20)43-5/h6-16,18,21,34H,17H2,1-5H3,(H,31,32)(H,33,35)(H,38,39)/t21-/m0/s1. The van der Waals surface area contributed by atoms with Gasteiger partial charge in [0.1, 0.15) is 23.8 Å². The van der Waals surface area contributed by atoms with Crippen LogP contribution >= 0.6 is 0 Å². The number of hydrogen-bond donors (Lipinski definition) is 4. The van der Waals surface area contributed by atoms with E-state index < -0.39 is 22.2 Å². The smallest absolute Gasteiger partial charge is 0.426 e. The van der Waals surface area contributed by atoms with E-state index in [4.69, 9.17) is 9.47 Å². The van der Waals surface area contributed by atoms with E-state index >= 15 is 0 Å². The van der Waals surface area contributed by atoms with Crippen LogP contribution in [0.1, 0.15) is 27.2 Å². The van der Waals surface area contributed by atoms with E-state index in [-0.39, 0.29) is 34.1 Å². The Morgan fingerprint density at radius 1 is 0.932 bits per heavy atom. The molecule has 0 spiro atoms. The Labute approximate surface area is 255 Å². The number of aldehydes is 1. The summed E-state index contributed by atoms with van der Waals surface area (Å²) in [5.41, 5.74) is 3.93. The highest BCUT2D eigenvalue weighted by Crippen LogP contribution is 2.32. The van der Waals surface area contributed by atoms with E-state index in [0.29, 0.717) is 34.5 Å². The number of carbonyl (C=O) groups is 2. The molecule has 0 fully saturated rings. The number of anilines is 4. The molecule has 0 saturated carbocycles. The lowest BCUT2D eigenvalue weighted by atomic mass is 9.88. The Balaban J connectivity index is 1.68. The number of hydrogen-bond acceptors (Lipinski definition) is 10. The Hall–Kier alpha value is -5.11. The van der Waals surface area contributed by atoms with Gasteiger partial charge in [-0.15, -0.1) is 0 Å². The molecule has 0 aliphatic rings. The van der Waals surface area contributed by atoms with Crippen molar-refractivity contribution in [3.8, 4) is 11.5 Å². The predicted molar refractivity (Wildman–Crippen MR) is 167 cm³/mol. The average molecular weight is 623 g/mol. The fourth-order valence-corrected chi connectivity index (χ4v) is 5.39. The monoisotopic (exact) mass is 622 g/mol. The third kappa shape index (κ3) is 7.83. The zero-order valence-electron chi connectivity index (χ0n) is 24.9. The van der Waals surface area contributed by atoms with Crippen LogP contribution in [0.4, 0.5) is 27.8 Å². The number of carbonyl (C=O) groups excluding carboxylic acids is 1. The van der Waals surface area contributed by atoms with Crippen molar-refractivity contribution in [3.63, 3.8) is 0 Å². The van der Waals surface area contributed by atoms with Crippen LogP contribution in [0.2, 0.25) is 0 Å². The van der Waals surface area contributed by atoms with E-state index in [1.165, 1.54) is 38.5 Å². The summed E-state index contributed by atoms with van der Waals surface area (Å²) in [7, 11) is -1.25. The second-order valence-corrected chi connectivity index (χ2v) is 12.7. The fraction of sp³-hybridized carbons (Fsp3) is 0.267. The summed E-state index contributed by atoms with van der Waals surface area (Å²) in [4.78, 5) is 32.7. The molecular formula is C30H34N6O7S. The summed E-state index contributed by atoms with van der Waals surface area (Å²) >= 11 is 0. The number of aromatic nitrogens is 2. The van der Waals surface area contributed by atoms with Gasteiger partial charge in [-0.05, 0) is 42.2 Å². The quantitative estimate of drug-likeness (QED) is 0.116. The maximum atomic E-state index is 13.6. The first-order chi connectivity index (χ1) is 20.8. The first-order valence-corrected chi connectivity index (χ1v) is 14.9. The molecule has 0 saturated heterocycles. The first kappa shape index (κ1) is 31.8. The summed E-state index contributed by atoms with van der Waals surface area (Å²) in [6.07, 6.45) is -0.612. The highest BCUT2D eigenvalue weighted by molar-refractivity contribution is 7.92. The van der Waals surface area contributed by atoms with E-state index in [9.17, 15) is 23.1 Å². The molecule has 0 unspecified atom stereocenters. The Morgan fingerprint density at radius 2 is 1.55 bits per heavy atom. The number of benzene rings is 3. The van der Waals surface area contributed by atoms with E-state index in [0.717, 1.165) is 5.01 Å². The first-order valence-electron chi connectivity index (χ1n) is 13.5. The molecule has 3 aromatic carbocycles. The molecule has 4 N–H and O–H groups in total. The van der Waals surface area contributed by atoms with Crippen molar-refractivity contribution in [2.45, 2.75) is 38.1 Å². The largest absolute Gasteiger partial charge is 0.497 e. The predicted octanol–water partition coefficient (Wildman–Crippen LogP) is 5.50. The molecule has 1 aromatic heterocycles. The number of rotatable bonds is 12. The van der Waals surface area contributed by atoms with Crippen LogP contribution in [0.3, 0.4) is 0 Å². The van der Waals surface area contributed by atoms with Crippen molar-refractivity contribution in [2.75, 3.05) is 29.7 Å². The molecule has 14 heteroatoms. The molecule has 1 amide bonds. The summed E-state index contributed by atoms with van der Waals surface area (Å²) < 4.78 is 40.4. The van der Waals surface area contributed by atoms with Gasteiger partial charge in [0.25, 0.3) is 10.0 Å². The lowest BCUT2D eigenvalue weighted by molar-refractivity contribution is -0.112. The Morgan fingerprint density at radius 3 is 2.09 bits per heavy atom. The molecule has 0 aliphatic carbocycles. The maximum absolute atomic E-state index is 13.6. The van der Waals surface area contributed by atoms with Crippen LogP contribution < -0.4 is 24.9 Å². The highest BCUT2D eigenvalue weighted by atomic mass is 32.2. The average Bonchev–Trinajstić information content (AvgIpc) is 2.98. The third-order valence-electron chi connectivity index (χ3n) is 6.33. The molecular weight excluding hydrogens is 588 g/mol. The van der Waals surface area contributed by atoms with Gasteiger partial charge in [-0.25, -0.2) is 28.2 Å². The van der Waals surface area contributed by atoms with Crippen LogP contribution in [-0.4, -0.2) is 61.1 Å². The molecule has 44 heavy (non-hydrogen) atoms. The molecule has 0 bridgehead atoms. The van der Waals surface area contributed by atoms with E-state index in [1.54, 1.807) is 42.5 Å². The molecule has 4 aromatic rings. The van der Waals surface area contributed by atoms with Gasteiger partial charge in [-0.2, -0.15) is 0 Å². The van der Waals surface area contributed by atoms with Crippen LogP contribution in [0.5, 0.6) is 11.5 Å². The number of ether oxygens (including phenoxy) is 2. The lowest BCUT2D eigenvalue weighted by Gasteiger charge is -2.31. The topological polar surface area (TPSA) is 172 Å². The number of sulfonamides is 1. The van der Waals surface area contributed by atoms with Crippen molar-refractivity contribution in [1.29, 1.82) is 0 Å². The number of fused-ring (bicyclic) bond motifs is 1. The molecule has 4 rings (SSSR count). The summed E-state index contributed by atoms with van der Waals surface area (Å²) in [6, 6.07) is 16.6. The Kier molecular flexibility index (Phi) is 9.43. The number of carboxylic acid groups (broad SMARTS) is 1. The number of nitrogens with one attached hydrogen (secondary N) is 3. The van der Waals surface area contributed by atoms with Crippen molar-refractivity contribution >= 4 is 56.4 Å². The highest BCUT2D eigenvalue weighted by Gasteiger charge is 2.28.